The Hall–Kier alpha value is -3.88. The lowest BCUT2D eigenvalue weighted by Crippen LogP contribution is -2.49. The molecule has 3 aromatic rings. The molecule has 1 unspecified atom stereocenters. The molecule has 8 nitrogen and oxygen atoms in total. The van der Waals surface area contributed by atoms with E-state index in [2.05, 4.69) is 15.0 Å². The van der Waals surface area contributed by atoms with Gasteiger partial charge in [0.15, 0.2) is 5.82 Å². The highest BCUT2D eigenvalue weighted by molar-refractivity contribution is 6.11. The fraction of sp³-hybridized carbons (Fsp3) is 0.227. The molecule has 5 rings (SSSR count). The summed E-state index contributed by atoms with van der Waals surface area (Å²) in [6, 6.07) is 9.19. The van der Waals surface area contributed by atoms with Crippen molar-refractivity contribution >= 4 is 29.3 Å². The zero-order chi connectivity index (χ0) is 21.9. The van der Waals surface area contributed by atoms with Gasteiger partial charge >= 0.3 is 0 Å². The van der Waals surface area contributed by atoms with Crippen molar-refractivity contribution in [3.8, 4) is 0 Å². The molecular formula is C22H19FN6O2. The number of likely N-dealkylation sites (N-methyl/N-ethyl adjacent to an activating group) is 2. The van der Waals surface area contributed by atoms with E-state index in [1.54, 1.807) is 50.3 Å². The minimum Gasteiger partial charge on any atom is -0.346 e. The zero-order valence-corrected chi connectivity index (χ0v) is 17.2. The number of amides is 2. The molecule has 2 aromatic heterocycles. The number of nitrogens with zero attached hydrogens (tertiary/aromatic N) is 6. The third kappa shape index (κ3) is 2.77. The van der Waals surface area contributed by atoms with Crippen LogP contribution in [0.5, 0.6) is 0 Å². The molecule has 0 N–H and O–H groups in total. The Morgan fingerprint density at radius 1 is 1.00 bits per heavy atom. The van der Waals surface area contributed by atoms with Crippen molar-refractivity contribution in [1.29, 1.82) is 0 Å². The van der Waals surface area contributed by atoms with E-state index >= 15 is 0 Å². The normalized spacial score (nSPS) is 20.2. The summed E-state index contributed by atoms with van der Waals surface area (Å²) < 4.78 is 13.4. The molecule has 156 valence electrons. The van der Waals surface area contributed by atoms with Crippen molar-refractivity contribution in [2.75, 3.05) is 28.8 Å². The Balaban J connectivity index is 1.66. The van der Waals surface area contributed by atoms with E-state index in [0.717, 1.165) is 5.56 Å². The van der Waals surface area contributed by atoms with Crippen LogP contribution in [0, 0.1) is 5.95 Å². The van der Waals surface area contributed by atoms with E-state index < -0.39 is 18.0 Å². The summed E-state index contributed by atoms with van der Waals surface area (Å²) in [5.41, 5.74) is 2.52. The van der Waals surface area contributed by atoms with Crippen LogP contribution in [-0.4, -0.2) is 46.9 Å². The van der Waals surface area contributed by atoms with Crippen LogP contribution < -0.4 is 14.7 Å². The zero-order valence-electron chi connectivity index (χ0n) is 17.2. The fourth-order valence-electron chi connectivity index (χ4n) is 4.12. The fourth-order valence-corrected chi connectivity index (χ4v) is 4.12. The van der Waals surface area contributed by atoms with Crippen LogP contribution >= 0.6 is 0 Å². The molecule has 4 heterocycles. The molecule has 9 heteroatoms. The van der Waals surface area contributed by atoms with Gasteiger partial charge in [0.05, 0.1) is 12.2 Å². The van der Waals surface area contributed by atoms with E-state index in [0.29, 0.717) is 22.6 Å². The third-order valence-corrected chi connectivity index (χ3v) is 5.95. The number of pyridine rings is 1. The van der Waals surface area contributed by atoms with Crippen molar-refractivity contribution in [2.45, 2.75) is 19.0 Å². The van der Waals surface area contributed by atoms with Gasteiger partial charge in [-0.3, -0.25) is 14.5 Å². The number of hydrogen-bond acceptors (Lipinski definition) is 6. The van der Waals surface area contributed by atoms with Crippen LogP contribution in [0.4, 0.5) is 21.8 Å². The monoisotopic (exact) mass is 418 g/mol. The second-order valence-electron chi connectivity index (χ2n) is 7.64. The average molecular weight is 418 g/mol. The Kier molecular flexibility index (Phi) is 4.21. The van der Waals surface area contributed by atoms with Gasteiger partial charge in [0.1, 0.15) is 11.7 Å². The van der Waals surface area contributed by atoms with Gasteiger partial charge < -0.3 is 9.80 Å². The van der Waals surface area contributed by atoms with Crippen LogP contribution in [0.1, 0.15) is 34.5 Å². The molecule has 2 aliphatic heterocycles. The lowest BCUT2D eigenvalue weighted by atomic mass is 9.99. The average Bonchev–Trinajstić information content (AvgIpc) is 3.09. The van der Waals surface area contributed by atoms with Gasteiger partial charge in [-0.25, -0.2) is 9.97 Å². The Labute approximate surface area is 178 Å². The van der Waals surface area contributed by atoms with Crippen molar-refractivity contribution in [1.82, 2.24) is 15.0 Å². The number of rotatable bonds is 2. The second-order valence-corrected chi connectivity index (χ2v) is 7.64. The lowest BCUT2D eigenvalue weighted by molar-refractivity contribution is -0.119. The number of aromatic nitrogens is 3. The maximum absolute atomic E-state index is 13.4. The predicted molar refractivity (Wildman–Crippen MR) is 113 cm³/mol. The van der Waals surface area contributed by atoms with Crippen LogP contribution in [-0.2, 0) is 4.79 Å². The van der Waals surface area contributed by atoms with Gasteiger partial charge in [0.25, 0.3) is 5.91 Å². The van der Waals surface area contributed by atoms with Crippen molar-refractivity contribution in [3.05, 3.63) is 71.4 Å². The third-order valence-electron chi connectivity index (χ3n) is 5.95. The first kappa shape index (κ1) is 19.1. The van der Waals surface area contributed by atoms with Crippen LogP contribution in [0.3, 0.4) is 0 Å². The summed E-state index contributed by atoms with van der Waals surface area (Å²) in [6.45, 7) is 1.80. The molecule has 2 amide bonds. The molecule has 0 saturated carbocycles. The molecular weight excluding hydrogens is 399 g/mol. The Bertz CT molecular complexity index is 1210. The number of hydrogen-bond donors (Lipinski definition) is 0. The molecule has 31 heavy (non-hydrogen) atoms. The molecule has 2 aliphatic rings. The first-order chi connectivity index (χ1) is 14.9. The molecule has 0 fully saturated rings. The molecule has 1 aromatic carbocycles. The highest BCUT2D eigenvalue weighted by Crippen LogP contribution is 2.42. The standard InChI is InChI=1S/C22H19FN6O2/c1-12-20(30)28(3)16-11-25-22(26-19(16)27(12)2)29-18(13-8-9-17(23)24-10-13)14-6-4-5-7-15(14)21(29)31/h4-12,18H,1-3H3/t12-,18?/m1/s1. The van der Waals surface area contributed by atoms with Gasteiger partial charge in [-0.1, -0.05) is 24.3 Å². The van der Waals surface area contributed by atoms with E-state index in [-0.39, 0.29) is 17.8 Å². The topological polar surface area (TPSA) is 82.5 Å². The highest BCUT2D eigenvalue weighted by Gasteiger charge is 2.41. The molecule has 0 bridgehead atoms. The first-order valence-electron chi connectivity index (χ1n) is 9.80. The highest BCUT2D eigenvalue weighted by atomic mass is 19.1. The minimum absolute atomic E-state index is 0.0636. The first-order valence-corrected chi connectivity index (χ1v) is 9.80. The number of carbonyl (C=O) groups excluding carboxylic acids is 2. The number of halogens is 1. The van der Waals surface area contributed by atoms with Crippen LogP contribution in [0.2, 0.25) is 0 Å². The number of anilines is 3. The summed E-state index contributed by atoms with van der Waals surface area (Å²) in [5, 5.41) is 0. The molecule has 0 spiro atoms. The maximum Gasteiger partial charge on any atom is 0.261 e. The van der Waals surface area contributed by atoms with E-state index in [1.165, 1.54) is 22.1 Å². The van der Waals surface area contributed by atoms with E-state index in [1.807, 2.05) is 12.1 Å². The molecule has 0 aliphatic carbocycles. The number of fused-ring (bicyclic) bond motifs is 2. The summed E-state index contributed by atoms with van der Waals surface area (Å²) in [4.78, 5) is 43.4. The molecule has 0 saturated heterocycles. The Morgan fingerprint density at radius 3 is 2.52 bits per heavy atom. The van der Waals surface area contributed by atoms with Crippen molar-refractivity contribution in [2.24, 2.45) is 0 Å². The van der Waals surface area contributed by atoms with Crippen molar-refractivity contribution < 1.29 is 14.0 Å². The maximum atomic E-state index is 13.4. The second kappa shape index (κ2) is 6.83. The predicted octanol–water partition coefficient (Wildman–Crippen LogP) is 2.56. The smallest absolute Gasteiger partial charge is 0.261 e. The summed E-state index contributed by atoms with van der Waals surface area (Å²) in [5.74, 6) is -0.149. The quantitative estimate of drug-likeness (QED) is 0.595. The summed E-state index contributed by atoms with van der Waals surface area (Å²) in [6.07, 6.45) is 2.97. The summed E-state index contributed by atoms with van der Waals surface area (Å²) in [7, 11) is 3.46. The minimum atomic E-state index is -0.596. The van der Waals surface area contributed by atoms with E-state index in [9.17, 15) is 14.0 Å². The van der Waals surface area contributed by atoms with Crippen molar-refractivity contribution in [3.63, 3.8) is 0 Å². The van der Waals surface area contributed by atoms with Gasteiger partial charge in [0, 0.05) is 25.9 Å². The number of benzene rings is 1. The SMILES string of the molecule is C[C@@H]1C(=O)N(C)c2cnc(N3C(=O)c4ccccc4C3c3ccc(F)nc3)nc2N1C. The molecule has 0 radical (unpaired) electrons. The van der Waals surface area contributed by atoms with Gasteiger partial charge in [0.2, 0.25) is 17.8 Å². The molecule has 2 atom stereocenters. The van der Waals surface area contributed by atoms with Gasteiger partial charge in [-0.05, 0) is 30.2 Å². The Morgan fingerprint density at radius 2 is 1.77 bits per heavy atom. The summed E-state index contributed by atoms with van der Waals surface area (Å²) >= 11 is 0. The van der Waals surface area contributed by atoms with Crippen LogP contribution in [0.25, 0.3) is 0 Å². The van der Waals surface area contributed by atoms with Gasteiger partial charge in [-0.15, -0.1) is 0 Å². The van der Waals surface area contributed by atoms with Crippen LogP contribution in [0.15, 0.2) is 48.8 Å². The van der Waals surface area contributed by atoms with Gasteiger partial charge in [-0.2, -0.15) is 9.37 Å². The lowest BCUT2D eigenvalue weighted by Gasteiger charge is -2.37. The number of carbonyl (C=O) groups is 2. The largest absolute Gasteiger partial charge is 0.346 e. The van der Waals surface area contributed by atoms with E-state index in [4.69, 9.17) is 0 Å².